The van der Waals surface area contributed by atoms with E-state index in [9.17, 15) is 4.79 Å². The molecule has 0 aromatic carbocycles. The van der Waals surface area contributed by atoms with Crippen LogP contribution >= 0.6 is 0 Å². The van der Waals surface area contributed by atoms with Crippen molar-refractivity contribution in [3.8, 4) is 0 Å². The largest absolute Gasteiger partial charge is 0.458 e. The topological polar surface area (TPSA) is 26.3 Å². The Labute approximate surface area is 149 Å². The summed E-state index contributed by atoms with van der Waals surface area (Å²) in [6.45, 7) is 19.0. The number of hydrogen-bond acceptors (Lipinski definition) is 2. The fourth-order valence-electron chi connectivity index (χ4n) is 4.63. The Morgan fingerprint density at radius 2 is 1.96 bits per heavy atom. The first-order valence-corrected chi connectivity index (χ1v) is 9.54. The third-order valence-electron chi connectivity index (χ3n) is 5.99. The van der Waals surface area contributed by atoms with Gasteiger partial charge in [0.15, 0.2) is 0 Å². The van der Waals surface area contributed by atoms with Gasteiger partial charge in [-0.25, -0.2) is 0 Å². The third-order valence-corrected chi connectivity index (χ3v) is 5.99. The minimum Gasteiger partial charge on any atom is -0.458 e. The van der Waals surface area contributed by atoms with Gasteiger partial charge < -0.3 is 4.74 Å². The molecule has 0 aromatic rings. The predicted molar refractivity (Wildman–Crippen MR) is 103 cm³/mol. The Morgan fingerprint density at radius 3 is 2.42 bits per heavy atom. The van der Waals surface area contributed by atoms with Crippen LogP contribution in [0.3, 0.4) is 0 Å². The minimum atomic E-state index is -0.443. The molecule has 1 aliphatic carbocycles. The lowest BCUT2D eigenvalue weighted by atomic mass is 9.55. The summed E-state index contributed by atoms with van der Waals surface area (Å²) < 4.78 is 6.21. The van der Waals surface area contributed by atoms with Gasteiger partial charge in [-0.2, -0.15) is 0 Å². The Morgan fingerprint density at radius 1 is 1.33 bits per heavy atom. The van der Waals surface area contributed by atoms with Crippen molar-refractivity contribution in [1.82, 2.24) is 0 Å². The molecule has 2 heteroatoms. The zero-order chi connectivity index (χ0) is 18.5. The summed E-state index contributed by atoms with van der Waals surface area (Å²) in [6, 6.07) is 0. The van der Waals surface area contributed by atoms with Crippen LogP contribution in [0.4, 0.5) is 0 Å². The summed E-state index contributed by atoms with van der Waals surface area (Å²) in [4.78, 5) is 12.1. The molecule has 0 amide bonds. The first-order chi connectivity index (χ1) is 11.1. The Hall–Kier alpha value is -1.05. The highest BCUT2D eigenvalue weighted by atomic mass is 16.6. The molecule has 1 rings (SSSR count). The van der Waals surface area contributed by atoms with Gasteiger partial charge in [0, 0.05) is 18.3 Å². The van der Waals surface area contributed by atoms with Crippen LogP contribution in [0.2, 0.25) is 0 Å². The number of hydrogen-bond donors (Lipinski definition) is 0. The van der Waals surface area contributed by atoms with E-state index in [0.717, 1.165) is 25.7 Å². The summed E-state index contributed by atoms with van der Waals surface area (Å²) in [6.07, 6.45) is 9.57. The standard InChI is InChI=1S/C22H38O2/c1-9-21(8,14-10-11-16(2)3)22(24-19(7)23)15-18(6)12-13-20(22)17(4)5/h9,11,17-18,20H,1,10,12-15H2,2-8H3. The Kier molecular flexibility index (Phi) is 7.31. The first-order valence-electron chi connectivity index (χ1n) is 9.54. The van der Waals surface area contributed by atoms with E-state index in [2.05, 4.69) is 60.3 Å². The molecule has 24 heavy (non-hydrogen) atoms. The van der Waals surface area contributed by atoms with Crippen molar-refractivity contribution in [1.29, 1.82) is 0 Å². The van der Waals surface area contributed by atoms with Crippen LogP contribution in [0.25, 0.3) is 0 Å². The zero-order valence-corrected chi connectivity index (χ0v) is 16.9. The van der Waals surface area contributed by atoms with Crippen molar-refractivity contribution in [2.24, 2.45) is 23.2 Å². The number of esters is 1. The maximum absolute atomic E-state index is 12.1. The highest BCUT2D eigenvalue weighted by Gasteiger charge is 2.56. The Balaban J connectivity index is 3.34. The minimum absolute atomic E-state index is 0.162. The molecule has 0 saturated heterocycles. The van der Waals surface area contributed by atoms with Crippen molar-refractivity contribution in [2.75, 3.05) is 0 Å². The summed E-state index contributed by atoms with van der Waals surface area (Å²) in [7, 11) is 0. The number of rotatable bonds is 7. The maximum atomic E-state index is 12.1. The predicted octanol–water partition coefficient (Wildman–Crippen LogP) is 6.32. The first kappa shape index (κ1) is 21.0. The molecule has 0 radical (unpaired) electrons. The van der Waals surface area contributed by atoms with Crippen LogP contribution in [0.1, 0.15) is 80.6 Å². The second kappa shape index (κ2) is 8.36. The lowest BCUT2D eigenvalue weighted by molar-refractivity contribution is -0.198. The fourth-order valence-corrected chi connectivity index (χ4v) is 4.63. The smallest absolute Gasteiger partial charge is 0.303 e. The maximum Gasteiger partial charge on any atom is 0.303 e. The van der Waals surface area contributed by atoms with Gasteiger partial charge in [-0.15, -0.1) is 6.58 Å². The second-order valence-electron chi connectivity index (χ2n) is 8.66. The molecule has 138 valence electrons. The molecular formula is C22H38O2. The molecule has 4 unspecified atom stereocenters. The van der Waals surface area contributed by atoms with Gasteiger partial charge in [0.2, 0.25) is 0 Å². The van der Waals surface area contributed by atoms with Crippen molar-refractivity contribution < 1.29 is 9.53 Å². The van der Waals surface area contributed by atoms with E-state index < -0.39 is 5.60 Å². The molecule has 0 N–H and O–H groups in total. The molecular weight excluding hydrogens is 296 g/mol. The molecule has 1 saturated carbocycles. The van der Waals surface area contributed by atoms with Gasteiger partial charge in [0.25, 0.3) is 0 Å². The zero-order valence-electron chi connectivity index (χ0n) is 16.9. The molecule has 0 bridgehead atoms. The molecule has 0 heterocycles. The summed E-state index contributed by atoms with van der Waals surface area (Å²) in [5.74, 6) is 1.28. The monoisotopic (exact) mass is 334 g/mol. The molecule has 4 atom stereocenters. The average Bonchev–Trinajstić information content (AvgIpc) is 2.45. The van der Waals surface area contributed by atoms with Gasteiger partial charge in [-0.05, 0) is 51.4 Å². The molecule has 2 nitrogen and oxygen atoms in total. The second-order valence-corrected chi connectivity index (χ2v) is 8.66. The van der Waals surface area contributed by atoms with E-state index in [0.29, 0.717) is 17.8 Å². The van der Waals surface area contributed by atoms with Gasteiger partial charge >= 0.3 is 5.97 Å². The van der Waals surface area contributed by atoms with Crippen LogP contribution in [-0.2, 0) is 9.53 Å². The summed E-state index contributed by atoms with van der Waals surface area (Å²) in [5.41, 5.74) is 0.677. The number of carbonyl (C=O) groups excluding carboxylic acids is 1. The van der Waals surface area contributed by atoms with E-state index in [4.69, 9.17) is 4.74 Å². The van der Waals surface area contributed by atoms with Crippen LogP contribution in [0, 0.1) is 23.2 Å². The Bertz CT molecular complexity index is 472. The van der Waals surface area contributed by atoms with Gasteiger partial charge in [-0.1, -0.05) is 51.8 Å². The van der Waals surface area contributed by atoms with Crippen molar-refractivity contribution >= 4 is 5.97 Å². The van der Waals surface area contributed by atoms with Crippen molar-refractivity contribution in [3.05, 3.63) is 24.3 Å². The third kappa shape index (κ3) is 4.52. The van der Waals surface area contributed by atoms with Crippen molar-refractivity contribution in [3.63, 3.8) is 0 Å². The van der Waals surface area contributed by atoms with Gasteiger partial charge in [0.05, 0.1) is 0 Å². The van der Waals surface area contributed by atoms with E-state index in [1.165, 1.54) is 12.0 Å². The normalized spacial score (nSPS) is 29.7. The quantitative estimate of drug-likeness (QED) is 0.402. The van der Waals surface area contributed by atoms with Crippen LogP contribution in [0.15, 0.2) is 24.3 Å². The van der Waals surface area contributed by atoms with Gasteiger partial charge in [-0.3, -0.25) is 4.79 Å². The van der Waals surface area contributed by atoms with Crippen LogP contribution in [-0.4, -0.2) is 11.6 Å². The van der Waals surface area contributed by atoms with E-state index >= 15 is 0 Å². The molecule has 1 aliphatic rings. The fraction of sp³-hybridized carbons (Fsp3) is 0.773. The van der Waals surface area contributed by atoms with E-state index in [1.54, 1.807) is 6.92 Å². The SMILES string of the molecule is C=CC(C)(CCC=C(C)C)C1(OC(C)=O)CC(C)CCC1C(C)C. The molecule has 0 aliphatic heterocycles. The van der Waals surface area contributed by atoms with Gasteiger partial charge in [0.1, 0.15) is 5.60 Å². The van der Waals surface area contributed by atoms with Crippen molar-refractivity contribution in [2.45, 2.75) is 86.2 Å². The van der Waals surface area contributed by atoms with Crippen LogP contribution in [0.5, 0.6) is 0 Å². The summed E-state index contributed by atoms with van der Waals surface area (Å²) >= 11 is 0. The van der Waals surface area contributed by atoms with E-state index in [1.807, 2.05) is 0 Å². The van der Waals surface area contributed by atoms with E-state index in [-0.39, 0.29) is 11.4 Å². The number of ether oxygens (including phenoxy) is 1. The average molecular weight is 335 g/mol. The molecule has 0 aromatic heterocycles. The van der Waals surface area contributed by atoms with Crippen LogP contribution < -0.4 is 0 Å². The lowest BCUT2D eigenvalue weighted by Gasteiger charge is -2.56. The number of carbonyl (C=O) groups is 1. The highest BCUT2D eigenvalue weighted by molar-refractivity contribution is 5.67. The summed E-state index contributed by atoms with van der Waals surface area (Å²) in [5, 5.41) is 0. The molecule has 1 fully saturated rings. The number of allylic oxidation sites excluding steroid dienone is 2. The molecule has 0 spiro atoms. The lowest BCUT2D eigenvalue weighted by Crippen LogP contribution is -2.58. The highest BCUT2D eigenvalue weighted by Crippen LogP contribution is 2.55.